The van der Waals surface area contributed by atoms with Crippen LogP contribution in [-0.4, -0.2) is 121 Å². The Morgan fingerprint density at radius 1 is 0.654 bits per heavy atom. The number of benzene rings is 2. The van der Waals surface area contributed by atoms with Crippen LogP contribution < -0.4 is 30.1 Å². The van der Waals surface area contributed by atoms with E-state index in [-0.39, 0.29) is 47.2 Å². The van der Waals surface area contributed by atoms with Crippen LogP contribution in [0.2, 0.25) is 0 Å². The molecule has 4 aliphatic rings. The standard InChI is InChI=1S/2C18H20FN3O4/c2*1-10-9-26-17-14-11(16(23)12(18(24)25)8-22(10)14)7-13(19)15(17)21-5-3-20(2)4-6-21/h2*7-8,10H,3-6,9H2,1-2H3,(H,24,25)/t2*10-/m00/s1. The molecule has 2 aromatic carbocycles. The number of aromatic carboxylic acids is 2. The van der Waals surface area contributed by atoms with Gasteiger partial charge in [0.05, 0.1) is 33.9 Å². The molecule has 8 rings (SSSR count). The van der Waals surface area contributed by atoms with Crippen LogP contribution in [-0.2, 0) is 0 Å². The largest absolute Gasteiger partial charge is 0.487 e. The highest BCUT2D eigenvalue weighted by Gasteiger charge is 2.33. The highest BCUT2D eigenvalue weighted by Crippen LogP contribution is 2.43. The zero-order valence-corrected chi connectivity index (χ0v) is 29.3. The van der Waals surface area contributed by atoms with E-state index in [0.29, 0.717) is 60.1 Å². The maximum absolute atomic E-state index is 15.0. The molecule has 0 aliphatic carbocycles. The molecule has 2 saturated heterocycles. The normalized spacial score (nSPS) is 20.3. The van der Waals surface area contributed by atoms with Gasteiger partial charge in [0.1, 0.15) is 35.7 Å². The lowest BCUT2D eigenvalue weighted by Gasteiger charge is -2.37. The van der Waals surface area contributed by atoms with E-state index in [1.165, 1.54) is 12.4 Å². The maximum Gasteiger partial charge on any atom is 0.341 e. The van der Waals surface area contributed by atoms with Crippen molar-refractivity contribution >= 4 is 45.1 Å². The Bertz CT molecular complexity index is 2080. The van der Waals surface area contributed by atoms with Gasteiger partial charge in [-0.15, -0.1) is 0 Å². The van der Waals surface area contributed by atoms with Crippen LogP contribution in [0.15, 0.2) is 34.1 Å². The number of aromatic nitrogens is 2. The molecule has 0 saturated carbocycles. The monoisotopic (exact) mass is 722 g/mol. The summed E-state index contributed by atoms with van der Waals surface area (Å²) in [4.78, 5) is 56.2. The molecule has 0 amide bonds. The lowest BCUT2D eigenvalue weighted by atomic mass is 10.1. The number of anilines is 2. The van der Waals surface area contributed by atoms with E-state index in [9.17, 15) is 38.2 Å². The quantitative estimate of drug-likeness (QED) is 0.319. The fraction of sp³-hybridized carbons (Fsp3) is 0.444. The van der Waals surface area contributed by atoms with Gasteiger partial charge in [0.25, 0.3) is 0 Å². The third kappa shape index (κ3) is 5.88. The van der Waals surface area contributed by atoms with E-state index in [1.54, 1.807) is 9.13 Å². The number of hydrogen-bond acceptors (Lipinski definition) is 10. The van der Waals surface area contributed by atoms with Crippen molar-refractivity contribution in [2.45, 2.75) is 25.9 Å². The van der Waals surface area contributed by atoms with E-state index in [4.69, 9.17) is 9.47 Å². The van der Waals surface area contributed by atoms with Crippen molar-refractivity contribution in [3.05, 3.63) is 67.7 Å². The Morgan fingerprint density at radius 2 is 1.00 bits per heavy atom. The minimum Gasteiger partial charge on any atom is -0.487 e. The number of rotatable bonds is 4. The van der Waals surface area contributed by atoms with Crippen molar-refractivity contribution < 1.29 is 38.1 Å². The molecule has 0 spiro atoms. The first-order valence-corrected chi connectivity index (χ1v) is 17.2. The van der Waals surface area contributed by atoms with Gasteiger partial charge in [-0.05, 0) is 40.1 Å². The molecular weight excluding hydrogens is 682 g/mol. The minimum absolute atomic E-state index is 0.0434. The summed E-state index contributed by atoms with van der Waals surface area (Å²) in [5.74, 6) is -3.09. The number of ether oxygens (including phenoxy) is 2. The first kappa shape index (κ1) is 35.2. The number of pyridine rings is 2. The smallest absolute Gasteiger partial charge is 0.341 e. The summed E-state index contributed by atoms with van der Waals surface area (Å²) in [7, 11) is 4.03. The van der Waals surface area contributed by atoms with Crippen LogP contribution in [0.25, 0.3) is 21.8 Å². The molecule has 0 bridgehead atoms. The van der Waals surface area contributed by atoms with Crippen molar-refractivity contribution in [2.24, 2.45) is 0 Å². The predicted octanol–water partition coefficient (Wildman–Crippen LogP) is 3.09. The van der Waals surface area contributed by atoms with Crippen molar-refractivity contribution in [3.8, 4) is 11.5 Å². The Kier molecular flexibility index (Phi) is 9.07. The van der Waals surface area contributed by atoms with Crippen LogP contribution in [0.5, 0.6) is 11.5 Å². The van der Waals surface area contributed by atoms with Crippen LogP contribution in [0, 0.1) is 11.6 Å². The average Bonchev–Trinajstić information content (AvgIpc) is 3.10. The average molecular weight is 723 g/mol. The van der Waals surface area contributed by atoms with Crippen LogP contribution >= 0.6 is 0 Å². The summed E-state index contributed by atoms with van der Waals surface area (Å²) in [6.45, 7) is 10.2. The van der Waals surface area contributed by atoms with Gasteiger partial charge in [-0.1, -0.05) is 0 Å². The second kappa shape index (κ2) is 13.4. The highest BCUT2D eigenvalue weighted by atomic mass is 19.1. The maximum atomic E-state index is 15.0. The van der Waals surface area contributed by atoms with Crippen molar-refractivity contribution in [3.63, 3.8) is 0 Å². The van der Waals surface area contributed by atoms with Gasteiger partial charge in [0, 0.05) is 64.8 Å². The summed E-state index contributed by atoms with van der Waals surface area (Å²) >= 11 is 0. The first-order chi connectivity index (χ1) is 24.8. The van der Waals surface area contributed by atoms with Gasteiger partial charge in [-0.2, -0.15) is 0 Å². The number of halogens is 2. The van der Waals surface area contributed by atoms with E-state index in [2.05, 4.69) is 9.80 Å². The third-order valence-electron chi connectivity index (χ3n) is 10.4. The van der Waals surface area contributed by atoms with Crippen LogP contribution in [0.3, 0.4) is 0 Å². The van der Waals surface area contributed by atoms with Crippen LogP contribution in [0.4, 0.5) is 20.2 Å². The molecular formula is C36H40F2N6O8. The Morgan fingerprint density at radius 3 is 1.33 bits per heavy atom. The Hall–Kier alpha value is -5.22. The summed E-state index contributed by atoms with van der Waals surface area (Å²) in [5, 5.41) is 18.7. The zero-order chi connectivity index (χ0) is 37.2. The second-order valence-electron chi connectivity index (χ2n) is 13.9. The minimum atomic E-state index is -1.32. The molecule has 4 aliphatic heterocycles. The van der Waals surface area contributed by atoms with E-state index in [1.807, 2.05) is 37.7 Å². The van der Waals surface area contributed by atoms with E-state index >= 15 is 0 Å². The Labute approximate surface area is 296 Å². The number of carbonyl (C=O) groups is 2. The van der Waals surface area contributed by atoms with Crippen LogP contribution in [0.1, 0.15) is 46.6 Å². The molecule has 2 N–H and O–H groups in total. The molecule has 2 atom stereocenters. The third-order valence-corrected chi connectivity index (χ3v) is 10.4. The molecule has 0 radical (unpaired) electrons. The Balaban J connectivity index is 0.000000162. The predicted molar refractivity (Wildman–Crippen MR) is 190 cm³/mol. The van der Waals surface area contributed by atoms with Gasteiger partial charge < -0.3 is 48.4 Å². The SMILES string of the molecule is C[C@H]1COc2c(N3CCN(C)CC3)c(F)cc3c(=O)c(C(=O)O)cn1c23.C[C@H]1COc2c(N3CCN(C)CC3)c(F)cc3c(=O)c(C(=O)O)cn1c23. The number of nitrogens with zero attached hydrogens (tertiary/aromatic N) is 6. The summed E-state index contributed by atoms with van der Waals surface area (Å²) in [5.41, 5.74) is -0.448. The highest BCUT2D eigenvalue weighted by molar-refractivity contribution is 5.98. The lowest BCUT2D eigenvalue weighted by molar-refractivity contribution is 0.0683. The molecule has 276 valence electrons. The molecule has 2 fully saturated rings. The molecule has 6 heterocycles. The number of hydrogen-bond donors (Lipinski definition) is 2. The van der Waals surface area contributed by atoms with Gasteiger partial charge in [-0.25, -0.2) is 18.4 Å². The fourth-order valence-electron chi connectivity index (χ4n) is 7.38. The van der Waals surface area contributed by atoms with E-state index in [0.717, 1.165) is 38.3 Å². The summed E-state index contributed by atoms with van der Waals surface area (Å²) in [6.07, 6.45) is 2.69. The van der Waals surface area contributed by atoms with Gasteiger partial charge >= 0.3 is 11.9 Å². The molecule has 0 unspecified atom stereocenters. The number of carboxylic acids is 2. The van der Waals surface area contributed by atoms with Gasteiger partial charge in [-0.3, -0.25) is 9.59 Å². The van der Waals surface area contributed by atoms with Crippen molar-refractivity contribution in [1.29, 1.82) is 0 Å². The summed E-state index contributed by atoms with van der Waals surface area (Å²) < 4.78 is 45.1. The fourth-order valence-corrected chi connectivity index (χ4v) is 7.38. The molecule has 14 nitrogen and oxygen atoms in total. The molecule has 2 aromatic heterocycles. The van der Waals surface area contributed by atoms with Gasteiger partial charge in [0.2, 0.25) is 10.9 Å². The summed E-state index contributed by atoms with van der Waals surface area (Å²) in [6, 6.07) is 1.99. The molecule has 16 heteroatoms. The van der Waals surface area contributed by atoms with Crippen molar-refractivity contribution in [2.75, 3.05) is 89.5 Å². The number of piperazine rings is 2. The lowest BCUT2D eigenvalue weighted by Crippen LogP contribution is -2.45. The molecule has 52 heavy (non-hydrogen) atoms. The number of carboxylic acid groups (broad SMARTS) is 2. The first-order valence-electron chi connectivity index (χ1n) is 17.2. The topological polar surface area (TPSA) is 150 Å². The van der Waals surface area contributed by atoms with E-state index < -0.39 is 34.4 Å². The number of likely N-dealkylation sites (N-methyl/N-ethyl adjacent to an activating group) is 2. The second-order valence-corrected chi connectivity index (χ2v) is 13.9. The van der Waals surface area contributed by atoms with Crippen molar-refractivity contribution in [1.82, 2.24) is 18.9 Å². The zero-order valence-electron chi connectivity index (χ0n) is 29.3. The molecule has 4 aromatic rings. The van der Waals surface area contributed by atoms with Gasteiger partial charge in [0.15, 0.2) is 23.1 Å².